The smallest absolute Gasteiger partial charge is 0.439 e. The summed E-state index contributed by atoms with van der Waals surface area (Å²) in [6.07, 6.45) is 0. The van der Waals surface area contributed by atoms with Gasteiger partial charge < -0.3 is 13.9 Å². The second-order valence-electron chi connectivity index (χ2n) is 7.79. The summed E-state index contributed by atoms with van der Waals surface area (Å²) < 4.78 is 22.1. The predicted molar refractivity (Wildman–Crippen MR) is 127 cm³/mol. The molecule has 1 N–H and O–H groups in total. The number of nitrogens with zero attached hydrogens (tertiary/aromatic N) is 3. The van der Waals surface area contributed by atoms with Crippen molar-refractivity contribution in [3.05, 3.63) is 70.0 Å². The topological polar surface area (TPSA) is 107 Å². The van der Waals surface area contributed by atoms with Gasteiger partial charge in [-0.25, -0.2) is 9.78 Å². The number of ether oxygens (including phenoxy) is 2. The molecule has 4 rings (SSSR count). The Labute approximate surface area is 197 Å². The summed E-state index contributed by atoms with van der Waals surface area (Å²) >= 11 is 0. The fraction of sp³-hybridized carbons (Fsp3) is 0.320. The SMILES string of the molecule is CCN(CC)Cc1nc(-c2ccc(OC)cc2)oc1COc1ccc(-c2noc(=O)[nH]2)c(C)c1. The van der Waals surface area contributed by atoms with Gasteiger partial charge in [0, 0.05) is 17.7 Å². The highest BCUT2D eigenvalue weighted by atomic mass is 16.5. The summed E-state index contributed by atoms with van der Waals surface area (Å²) in [5.41, 5.74) is 3.38. The van der Waals surface area contributed by atoms with Crippen LogP contribution in [0.1, 0.15) is 30.9 Å². The fourth-order valence-electron chi connectivity index (χ4n) is 3.62. The molecule has 178 valence electrons. The summed E-state index contributed by atoms with van der Waals surface area (Å²) in [6.45, 7) is 8.88. The standard InChI is InChI=1S/C25H28N4O5/c1-5-29(6-2)14-21-22(33-24(26-21)17-7-9-18(31-4)10-8-17)15-32-19-11-12-20(16(3)13-19)23-27-25(30)34-28-23/h7-13H,5-6,14-15H2,1-4H3,(H,27,28,30). The highest BCUT2D eigenvalue weighted by Crippen LogP contribution is 2.28. The normalized spacial score (nSPS) is 11.2. The molecule has 4 aromatic rings. The third kappa shape index (κ3) is 5.20. The van der Waals surface area contributed by atoms with Crippen molar-refractivity contribution in [2.75, 3.05) is 20.2 Å². The summed E-state index contributed by atoms with van der Waals surface area (Å²) in [6, 6.07) is 13.1. The molecule has 0 radical (unpaired) electrons. The van der Waals surface area contributed by atoms with Gasteiger partial charge in [0.1, 0.15) is 23.8 Å². The molecule has 0 unspecified atom stereocenters. The van der Waals surface area contributed by atoms with E-state index in [1.54, 1.807) is 7.11 Å². The minimum atomic E-state index is -0.589. The quantitative estimate of drug-likeness (QED) is 0.368. The van der Waals surface area contributed by atoms with Crippen LogP contribution in [-0.2, 0) is 13.2 Å². The largest absolute Gasteiger partial charge is 0.497 e. The molecule has 2 heterocycles. The maximum atomic E-state index is 11.3. The second kappa shape index (κ2) is 10.4. The lowest BCUT2D eigenvalue weighted by molar-refractivity contribution is 0.257. The van der Waals surface area contributed by atoms with Crippen LogP contribution < -0.4 is 15.2 Å². The lowest BCUT2D eigenvalue weighted by atomic mass is 10.1. The Balaban J connectivity index is 1.56. The lowest BCUT2D eigenvalue weighted by Crippen LogP contribution is -2.23. The number of oxazole rings is 1. The van der Waals surface area contributed by atoms with Crippen LogP contribution in [-0.4, -0.2) is 40.2 Å². The Morgan fingerprint density at radius 3 is 2.41 bits per heavy atom. The minimum absolute atomic E-state index is 0.235. The maximum Gasteiger partial charge on any atom is 0.439 e. The van der Waals surface area contributed by atoms with Gasteiger partial charge in [0.2, 0.25) is 5.89 Å². The molecule has 0 bridgehead atoms. The van der Waals surface area contributed by atoms with Crippen LogP contribution >= 0.6 is 0 Å². The lowest BCUT2D eigenvalue weighted by Gasteiger charge is -2.16. The van der Waals surface area contributed by atoms with E-state index >= 15 is 0 Å². The Kier molecular flexibility index (Phi) is 7.12. The Morgan fingerprint density at radius 1 is 1.06 bits per heavy atom. The third-order valence-electron chi connectivity index (χ3n) is 5.65. The highest BCUT2D eigenvalue weighted by molar-refractivity contribution is 5.60. The Bertz CT molecular complexity index is 1290. The van der Waals surface area contributed by atoms with Gasteiger partial charge in [-0.15, -0.1) is 0 Å². The van der Waals surface area contributed by atoms with Crippen LogP contribution in [0, 0.1) is 6.92 Å². The Morgan fingerprint density at radius 2 is 1.79 bits per heavy atom. The first kappa shape index (κ1) is 23.3. The average molecular weight is 465 g/mol. The number of nitrogens with one attached hydrogen (secondary N) is 1. The summed E-state index contributed by atoms with van der Waals surface area (Å²) in [5, 5.41) is 3.75. The maximum absolute atomic E-state index is 11.3. The van der Waals surface area contributed by atoms with Crippen LogP contribution in [0.3, 0.4) is 0 Å². The second-order valence-corrected chi connectivity index (χ2v) is 7.79. The van der Waals surface area contributed by atoms with E-state index in [4.69, 9.17) is 18.9 Å². The monoisotopic (exact) mass is 464 g/mol. The van der Waals surface area contributed by atoms with E-state index in [-0.39, 0.29) is 6.61 Å². The summed E-state index contributed by atoms with van der Waals surface area (Å²) in [7, 11) is 1.64. The molecule has 2 aromatic heterocycles. The molecular formula is C25H28N4O5. The number of rotatable bonds is 10. The number of H-pyrrole nitrogens is 1. The van der Waals surface area contributed by atoms with Crippen molar-refractivity contribution in [2.45, 2.75) is 33.9 Å². The average Bonchev–Trinajstić information content (AvgIpc) is 3.47. The first-order valence-electron chi connectivity index (χ1n) is 11.2. The zero-order valence-electron chi connectivity index (χ0n) is 19.8. The molecule has 0 saturated carbocycles. The summed E-state index contributed by atoms with van der Waals surface area (Å²) in [5.74, 6) is 2.47. The van der Waals surface area contributed by atoms with Crippen LogP contribution in [0.4, 0.5) is 0 Å². The van der Waals surface area contributed by atoms with Crippen LogP contribution in [0.2, 0.25) is 0 Å². The van der Waals surface area contributed by atoms with Gasteiger partial charge in [-0.05, 0) is 68.0 Å². The van der Waals surface area contributed by atoms with Crippen LogP contribution in [0.25, 0.3) is 22.8 Å². The first-order chi connectivity index (χ1) is 16.5. The van der Waals surface area contributed by atoms with Crippen molar-refractivity contribution in [1.82, 2.24) is 20.0 Å². The van der Waals surface area contributed by atoms with Crippen molar-refractivity contribution in [2.24, 2.45) is 0 Å². The van der Waals surface area contributed by atoms with Crippen molar-refractivity contribution in [1.29, 1.82) is 0 Å². The molecule has 9 nitrogen and oxygen atoms in total. The van der Waals surface area contributed by atoms with E-state index in [9.17, 15) is 4.79 Å². The first-order valence-corrected chi connectivity index (χ1v) is 11.2. The number of benzene rings is 2. The van der Waals surface area contributed by atoms with Crippen LogP contribution in [0.5, 0.6) is 11.5 Å². The molecule has 0 fully saturated rings. The molecule has 34 heavy (non-hydrogen) atoms. The van der Waals surface area contributed by atoms with Crippen molar-refractivity contribution < 1.29 is 18.4 Å². The van der Waals surface area contributed by atoms with Crippen molar-refractivity contribution in [3.63, 3.8) is 0 Å². The molecule has 0 saturated heterocycles. The number of aromatic amines is 1. The number of hydrogen-bond acceptors (Lipinski definition) is 8. The molecule has 0 amide bonds. The van der Waals surface area contributed by atoms with Gasteiger partial charge in [0.25, 0.3) is 0 Å². The summed E-state index contributed by atoms with van der Waals surface area (Å²) in [4.78, 5) is 20.9. The van der Waals surface area contributed by atoms with Gasteiger partial charge in [-0.1, -0.05) is 19.0 Å². The molecule has 0 aliphatic carbocycles. The van der Waals surface area contributed by atoms with Gasteiger partial charge in [-0.3, -0.25) is 14.4 Å². The number of hydrogen-bond donors (Lipinski definition) is 1. The third-order valence-corrected chi connectivity index (χ3v) is 5.65. The van der Waals surface area contributed by atoms with Gasteiger partial charge in [0.05, 0.1) is 7.11 Å². The number of methoxy groups -OCH3 is 1. The zero-order valence-corrected chi connectivity index (χ0v) is 19.8. The van der Waals surface area contributed by atoms with E-state index in [2.05, 4.69) is 33.4 Å². The molecular weight excluding hydrogens is 436 g/mol. The van der Waals surface area contributed by atoms with E-state index in [1.807, 2.05) is 49.4 Å². The molecule has 0 spiro atoms. The highest BCUT2D eigenvalue weighted by Gasteiger charge is 2.18. The minimum Gasteiger partial charge on any atom is -0.497 e. The van der Waals surface area contributed by atoms with E-state index in [0.29, 0.717) is 29.8 Å². The Hall–Kier alpha value is -3.85. The van der Waals surface area contributed by atoms with E-state index in [0.717, 1.165) is 41.2 Å². The number of aryl methyl sites for hydroxylation is 1. The van der Waals surface area contributed by atoms with Gasteiger partial charge >= 0.3 is 5.76 Å². The van der Waals surface area contributed by atoms with E-state index < -0.39 is 5.76 Å². The van der Waals surface area contributed by atoms with Gasteiger partial charge in [-0.2, -0.15) is 0 Å². The zero-order chi connectivity index (χ0) is 24.1. The molecule has 0 atom stereocenters. The van der Waals surface area contributed by atoms with E-state index in [1.165, 1.54) is 0 Å². The fourth-order valence-corrected chi connectivity index (χ4v) is 3.62. The van der Waals surface area contributed by atoms with Gasteiger partial charge in [0.15, 0.2) is 11.6 Å². The number of aromatic nitrogens is 3. The van der Waals surface area contributed by atoms with Crippen molar-refractivity contribution >= 4 is 0 Å². The van der Waals surface area contributed by atoms with Crippen molar-refractivity contribution in [3.8, 4) is 34.3 Å². The molecule has 0 aliphatic rings. The molecule has 0 aliphatic heterocycles. The molecule has 9 heteroatoms. The van der Waals surface area contributed by atoms with Crippen LogP contribution in [0.15, 0.2) is 56.2 Å². The molecule has 2 aromatic carbocycles. The predicted octanol–water partition coefficient (Wildman–Crippen LogP) is 4.42.